The van der Waals surface area contributed by atoms with E-state index in [0.717, 1.165) is 31.1 Å². The fourth-order valence-electron chi connectivity index (χ4n) is 3.36. The highest BCUT2D eigenvalue weighted by Gasteiger charge is 2.24. The first-order valence-corrected chi connectivity index (χ1v) is 11.0. The van der Waals surface area contributed by atoms with Crippen molar-refractivity contribution in [2.24, 2.45) is 13.0 Å². The van der Waals surface area contributed by atoms with E-state index in [1.165, 1.54) is 22.8 Å². The Balaban J connectivity index is 1.47. The summed E-state index contributed by atoms with van der Waals surface area (Å²) in [4.78, 5) is 18.3. The predicted octanol–water partition coefficient (Wildman–Crippen LogP) is 1.78. The van der Waals surface area contributed by atoms with Crippen molar-refractivity contribution < 1.29 is 12.8 Å². The minimum atomic E-state index is -3.67. The number of anilines is 1. The Bertz CT molecular complexity index is 1100. The van der Waals surface area contributed by atoms with E-state index in [2.05, 4.69) is 14.6 Å². The number of hydrogen-bond donors (Lipinski definition) is 1. The summed E-state index contributed by atoms with van der Waals surface area (Å²) in [6, 6.07) is 4.43. The number of nitrogens with zero attached hydrogens (tertiary/aromatic N) is 3. The topological polar surface area (TPSA) is 97.4 Å². The molecule has 144 valence electrons. The van der Waals surface area contributed by atoms with Gasteiger partial charge in [0.2, 0.25) is 10.0 Å². The maximum Gasteiger partial charge on any atom is 0.419 e. The average Bonchev–Trinajstić information content (AvgIpc) is 3.29. The molecule has 0 saturated carbocycles. The zero-order valence-electron chi connectivity index (χ0n) is 14.8. The standard InChI is InChI=1S/C17H20N4O4S2/c1-20-14-9-13(4-5-15(14)25-17(20)22)27(23,24)19-10-12-3-2-7-21(11-12)16-18-6-8-26-16/h4-6,8-9,12,19H,2-3,7,10-11H2,1H3. The molecule has 4 rings (SSSR count). The third kappa shape index (κ3) is 3.64. The Morgan fingerprint density at radius 2 is 2.26 bits per heavy atom. The summed E-state index contributed by atoms with van der Waals surface area (Å²) < 4.78 is 34.4. The number of benzene rings is 1. The lowest BCUT2D eigenvalue weighted by molar-refractivity contribution is 0.410. The Hall–Kier alpha value is -2.17. The molecule has 3 aromatic rings. The number of rotatable bonds is 5. The molecule has 8 nitrogen and oxygen atoms in total. The first kappa shape index (κ1) is 18.2. The van der Waals surface area contributed by atoms with Crippen LogP contribution in [0.3, 0.4) is 0 Å². The summed E-state index contributed by atoms with van der Waals surface area (Å²) in [5.41, 5.74) is 0.823. The molecule has 1 aromatic carbocycles. The quantitative estimate of drug-likeness (QED) is 0.691. The van der Waals surface area contributed by atoms with Crippen molar-refractivity contribution in [3.05, 3.63) is 40.3 Å². The SMILES string of the molecule is Cn1c(=O)oc2ccc(S(=O)(=O)NCC3CCCN(c4nccs4)C3)cc21. The molecule has 1 atom stereocenters. The minimum Gasteiger partial charge on any atom is -0.408 e. The van der Waals surface area contributed by atoms with Crippen LogP contribution in [0, 0.1) is 5.92 Å². The molecule has 0 aliphatic carbocycles. The van der Waals surface area contributed by atoms with Gasteiger partial charge in [0.1, 0.15) is 0 Å². The minimum absolute atomic E-state index is 0.124. The molecular formula is C17H20N4O4S2. The largest absolute Gasteiger partial charge is 0.419 e. The number of aromatic nitrogens is 2. The fourth-order valence-corrected chi connectivity index (χ4v) is 5.18. The number of sulfonamides is 1. The van der Waals surface area contributed by atoms with Gasteiger partial charge in [-0.1, -0.05) is 0 Å². The van der Waals surface area contributed by atoms with E-state index in [4.69, 9.17) is 4.42 Å². The number of oxazole rings is 1. The van der Waals surface area contributed by atoms with Gasteiger partial charge in [0.05, 0.1) is 10.4 Å². The van der Waals surface area contributed by atoms with Crippen molar-refractivity contribution >= 4 is 37.6 Å². The maximum atomic E-state index is 12.7. The molecule has 2 aromatic heterocycles. The molecule has 1 N–H and O–H groups in total. The highest BCUT2D eigenvalue weighted by atomic mass is 32.2. The van der Waals surface area contributed by atoms with Crippen molar-refractivity contribution in [3.63, 3.8) is 0 Å². The van der Waals surface area contributed by atoms with Gasteiger partial charge < -0.3 is 9.32 Å². The van der Waals surface area contributed by atoms with E-state index in [1.54, 1.807) is 24.6 Å². The lowest BCUT2D eigenvalue weighted by Crippen LogP contribution is -2.41. The van der Waals surface area contributed by atoms with Gasteiger partial charge in [0.15, 0.2) is 10.7 Å². The van der Waals surface area contributed by atoms with Crippen LogP contribution in [-0.4, -0.2) is 37.6 Å². The maximum absolute atomic E-state index is 12.7. The Morgan fingerprint density at radius 1 is 1.41 bits per heavy atom. The van der Waals surface area contributed by atoms with E-state index in [1.807, 2.05) is 5.38 Å². The van der Waals surface area contributed by atoms with Crippen molar-refractivity contribution in [2.45, 2.75) is 17.7 Å². The Kier molecular flexibility index (Phi) is 4.79. The molecule has 1 unspecified atom stereocenters. The number of hydrogen-bond acceptors (Lipinski definition) is 7. The summed E-state index contributed by atoms with van der Waals surface area (Å²) >= 11 is 1.60. The van der Waals surface area contributed by atoms with E-state index >= 15 is 0 Å². The van der Waals surface area contributed by atoms with Gasteiger partial charge in [-0.3, -0.25) is 4.57 Å². The van der Waals surface area contributed by atoms with Gasteiger partial charge in [0.25, 0.3) is 0 Å². The molecule has 1 aliphatic rings. The molecule has 1 aliphatic heterocycles. The van der Waals surface area contributed by atoms with Gasteiger partial charge in [-0.2, -0.15) is 0 Å². The Morgan fingerprint density at radius 3 is 3.04 bits per heavy atom. The summed E-state index contributed by atoms with van der Waals surface area (Å²) in [6.07, 6.45) is 3.76. The number of nitrogens with one attached hydrogen (secondary N) is 1. The van der Waals surface area contributed by atoms with Gasteiger partial charge in [-0.25, -0.2) is 22.9 Å². The van der Waals surface area contributed by atoms with Gasteiger partial charge in [0, 0.05) is 38.3 Å². The van der Waals surface area contributed by atoms with Crippen molar-refractivity contribution in [2.75, 3.05) is 24.5 Å². The molecule has 0 radical (unpaired) electrons. The van der Waals surface area contributed by atoms with Crippen molar-refractivity contribution in [1.29, 1.82) is 0 Å². The third-order valence-electron chi connectivity index (χ3n) is 4.84. The van der Waals surface area contributed by atoms with Gasteiger partial charge >= 0.3 is 5.76 Å². The Labute approximate surface area is 160 Å². The van der Waals surface area contributed by atoms with Crippen LogP contribution in [0.4, 0.5) is 5.13 Å². The number of aryl methyl sites for hydroxylation is 1. The molecule has 10 heteroatoms. The normalized spacial score (nSPS) is 18.3. The lowest BCUT2D eigenvalue weighted by atomic mass is 9.99. The van der Waals surface area contributed by atoms with E-state index in [-0.39, 0.29) is 10.8 Å². The number of fused-ring (bicyclic) bond motifs is 1. The first-order chi connectivity index (χ1) is 12.9. The molecule has 1 fully saturated rings. The monoisotopic (exact) mass is 408 g/mol. The third-order valence-corrected chi connectivity index (χ3v) is 7.10. The molecule has 3 heterocycles. The predicted molar refractivity (Wildman–Crippen MR) is 104 cm³/mol. The first-order valence-electron chi connectivity index (χ1n) is 8.68. The van der Waals surface area contributed by atoms with E-state index in [9.17, 15) is 13.2 Å². The van der Waals surface area contributed by atoms with Crippen LogP contribution >= 0.6 is 11.3 Å². The van der Waals surface area contributed by atoms with Crippen molar-refractivity contribution in [1.82, 2.24) is 14.3 Å². The molecule has 27 heavy (non-hydrogen) atoms. The molecule has 1 saturated heterocycles. The van der Waals surface area contributed by atoms with Crippen LogP contribution in [0.15, 0.2) is 43.9 Å². The summed E-state index contributed by atoms with van der Waals surface area (Å²) in [5.74, 6) is -0.295. The highest BCUT2D eigenvalue weighted by molar-refractivity contribution is 7.89. The van der Waals surface area contributed by atoms with Gasteiger partial charge in [-0.15, -0.1) is 11.3 Å². The average molecular weight is 409 g/mol. The van der Waals surface area contributed by atoms with E-state index in [0.29, 0.717) is 17.6 Å². The highest BCUT2D eigenvalue weighted by Crippen LogP contribution is 2.25. The summed E-state index contributed by atoms with van der Waals surface area (Å²) in [5, 5.41) is 2.93. The van der Waals surface area contributed by atoms with Crippen LogP contribution in [0.5, 0.6) is 0 Å². The van der Waals surface area contributed by atoms with Crippen LogP contribution < -0.4 is 15.4 Å². The second kappa shape index (κ2) is 7.10. The number of thiazole rings is 1. The second-order valence-electron chi connectivity index (χ2n) is 6.68. The fraction of sp³-hybridized carbons (Fsp3) is 0.412. The second-order valence-corrected chi connectivity index (χ2v) is 9.32. The summed E-state index contributed by atoms with van der Waals surface area (Å²) in [7, 11) is -2.12. The van der Waals surface area contributed by atoms with Crippen LogP contribution in [0.2, 0.25) is 0 Å². The van der Waals surface area contributed by atoms with Crippen LogP contribution in [0.25, 0.3) is 11.1 Å². The smallest absolute Gasteiger partial charge is 0.408 e. The van der Waals surface area contributed by atoms with Crippen molar-refractivity contribution in [3.8, 4) is 0 Å². The number of piperidine rings is 1. The summed E-state index contributed by atoms with van der Waals surface area (Å²) in [6.45, 7) is 2.10. The lowest BCUT2D eigenvalue weighted by Gasteiger charge is -2.32. The molecule has 0 bridgehead atoms. The van der Waals surface area contributed by atoms with Crippen LogP contribution in [-0.2, 0) is 17.1 Å². The van der Waals surface area contributed by atoms with Gasteiger partial charge in [-0.05, 0) is 37.0 Å². The van der Waals surface area contributed by atoms with Crippen LogP contribution in [0.1, 0.15) is 12.8 Å². The zero-order chi connectivity index (χ0) is 19.0. The molecule has 0 spiro atoms. The molecule has 0 amide bonds. The molecular weight excluding hydrogens is 388 g/mol. The van der Waals surface area contributed by atoms with E-state index < -0.39 is 15.8 Å². The zero-order valence-corrected chi connectivity index (χ0v) is 16.4.